The Hall–Kier alpha value is -4.04. The molecular weight excluding hydrogens is 504 g/mol. The Morgan fingerprint density at radius 3 is 2.68 bits per heavy atom. The molecule has 0 radical (unpaired) electrons. The van der Waals surface area contributed by atoms with Gasteiger partial charge in [-0.3, -0.25) is 14.9 Å². The van der Waals surface area contributed by atoms with Crippen molar-refractivity contribution in [3.63, 3.8) is 0 Å². The van der Waals surface area contributed by atoms with Crippen LogP contribution < -0.4 is 10.3 Å². The maximum atomic E-state index is 13.4. The number of halogens is 1. The molecule has 8 nitrogen and oxygen atoms in total. The van der Waals surface area contributed by atoms with Crippen LogP contribution in [0.2, 0.25) is 5.02 Å². The summed E-state index contributed by atoms with van der Waals surface area (Å²) in [5.74, 6) is 0.722. The molecule has 38 heavy (non-hydrogen) atoms. The molecule has 194 valence electrons. The van der Waals surface area contributed by atoms with Gasteiger partial charge in [0, 0.05) is 17.5 Å². The minimum Gasteiger partial charge on any atom is -0.481 e. The van der Waals surface area contributed by atoms with E-state index in [4.69, 9.17) is 21.3 Å². The van der Waals surface area contributed by atoms with Gasteiger partial charge in [0.2, 0.25) is 5.75 Å². The number of nitro benzene ring substituents is 1. The summed E-state index contributed by atoms with van der Waals surface area (Å²) in [6, 6.07) is 17.8. The minimum atomic E-state index is -0.536. The molecule has 0 atom stereocenters. The predicted molar refractivity (Wildman–Crippen MR) is 148 cm³/mol. The van der Waals surface area contributed by atoms with Crippen molar-refractivity contribution in [2.45, 2.75) is 51.6 Å². The Bertz CT molecular complexity index is 1590. The lowest BCUT2D eigenvalue weighted by Crippen LogP contribution is -2.25. The van der Waals surface area contributed by atoms with Gasteiger partial charge in [-0.2, -0.15) is 9.78 Å². The Morgan fingerprint density at radius 2 is 1.92 bits per heavy atom. The molecule has 0 bridgehead atoms. The molecule has 0 spiro atoms. The lowest BCUT2D eigenvalue weighted by Gasteiger charge is -2.22. The van der Waals surface area contributed by atoms with Gasteiger partial charge in [-0.25, -0.2) is 4.98 Å². The van der Waals surface area contributed by atoms with Crippen molar-refractivity contribution in [1.82, 2.24) is 9.66 Å². The van der Waals surface area contributed by atoms with Crippen molar-refractivity contribution in [3.05, 3.63) is 109 Å². The number of rotatable bonds is 7. The molecule has 4 aromatic rings. The fourth-order valence-electron chi connectivity index (χ4n) is 4.91. The SMILES string of the molecule is Cc1cccc(COc2c(Cl)cc(C=Nn3c(C4CCCCC4)nc4ccccc4c3=O)cc2[N+](=O)[O-])c1. The number of nitrogens with zero attached hydrogens (tertiary/aromatic N) is 4. The summed E-state index contributed by atoms with van der Waals surface area (Å²) in [5.41, 5.74) is 2.40. The first kappa shape index (κ1) is 25.6. The second-order valence-corrected chi connectivity index (χ2v) is 9.98. The highest BCUT2D eigenvalue weighted by Gasteiger charge is 2.23. The van der Waals surface area contributed by atoms with E-state index in [2.05, 4.69) is 5.10 Å². The largest absolute Gasteiger partial charge is 0.481 e. The molecule has 1 aliphatic rings. The predicted octanol–water partition coefficient (Wildman–Crippen LogP) is 6.78. The van der Waals surface area contributed by atoms with Gasteiger partial charge in [0.15, 0.2) is 0 Å². The standard InChI is InChI=1S/C29H27ClN4O4/c1-19-8-7-9-20(14-19)18-38-27-24(30)15-21(16-26(27)34(36)37)17-31-33-28(22-10-3-2-4-11-22)32-25-13-6-5-12-23(25)29(33)35/h5-9,12-17,22H,2-4,10-11,18H2,1H3. The summed E-state index contributed by atoms with van der Waals surface area (Å²) in [6.07, 6.45) is 6.59. The normalized spacial score (nSPS) is 14.3. The average molecular weight is 531 g/mol. The van der Waals surface area contributed by atoms with Crippen LogP contribution >= 0.6 is 11.6 Å². The molecular formula is C29H27ClN4O4. The van der Waals surface area contributed by atoms with Gasteiger partial charge in [0.1, 0.15) is 12.4 Å². The van der Waals surface area contributed by atoms with E-state index in [-0.39, 0.29) is 34.5 Å². The number of benzene rings is 3. The maximum Gasteiger partial charge on any atom is 0.313 e. The fourth-order valence-corrected chi connectivity index (χ4v) is 5.19. The van der Waals surface area contributed by atoms with Crippen molar-refractivity contribution in [1.29, 1.82) is 0 Å². The number of fused-ring (bicyclic) bond motifs is 1. The van der Waals surface area contributed by atoms with Gasteiger partial charge < -0.3 is 4.74 Å². The Labute approximate surface area is 224 Å². The van der Waals surface area contributed by atoms with E-state index >= 15 is 0 Å². The smallest absolute Gasteiger partial charge is 0.313 e. The van der Waals surface area contributed by atoms with Gasteiger partial charge in [-0.15, -0.1) is 0 Å². The van der Waals surface area contributed by atoms with Crippen LogP contribution in [0.25, 0.3) is 10.9 Å². The van der Waals surface area contributed by atoms with E-state index in [1.54, 1.807) is 18.2 Å². The van der Waals surface area contributed by atoms with Gasteiger partial charge >= 0.3 is 5.69 Å². The van der Waals surface area contributed by atoms with Crippen molar-refractivity contribution in [2.24, 2.45) is 5.10 Å². The molecule has 1 heterocycles. The van der Waals surface area contributed by atoms with Gasteiger partial charge in [-0.05, 0) is 43.5 Å². The molecule has 0 amide bonds. The van der Waals surface area contributed by atoms with Crippen LogP contribution in [0, 0.1) is 17.0 Å². The summed E-state index contributed by atoms with van der Waals surface area (Å²) in [7, 11) is 0. The third kappa shape index (κ3) is 5.45. The van der Waals surface area contributed by atoms with Crippen molar-refractivity contribution < 1.29 is 9.66 Å². The Morgan fingerprint density at radius 1 is 1.13 bits per heavy atom. The van der Waals surface area contributed by atoms with E-state index in [0.29, 0.717) is 22.3 Å². The van der Waals surface area contributed by atoms with E-state index in [9.17, 15) is 14.9 Å². The molecule has 0 unspecified atom stereocenters. The minimum absolute atomic E-state index is 0.0113. The molecule has 0 aliphatic heterocycles. The summed E-state index contributed by atoms with van der Waals surface area (Å²) >= 11 is 6.45. The quantitative estimate of drug-likeness (QED) is 0.149. The van der Waals surface area contributed by atoms with Crippen LogP contribution in [0.5, 0.6) is 5.75 Å². The number of hydrogen-bond donors (Lipinski definition) is 0. The molecule has 1 fully saturated rings. The van der Waals surface area contributed by atoms with Crippen LogP contribution in [0.1, 0.15) is 60.5 Å². The number of hydrogen-bond acceptors (Lipinski definition) is 6. The summed E-state index contributed by atoms with van der Waals surface area (Å²) < 4.78 is 7.10. The highest BCUT2D eigenvalue weighted by atomic mass is 35.5. The first-order chi connectivity index (χ1) is 18.4. The summed E-state index contributed by atoms with van der Waals surface area (Å²) in [6.45, 7) is 2.10. The molecule has 9 heteroatoms. The molecule has 1 saturated carbocycles. The molecule has 3 aromatic carbocycles. The highest BCUT2D eigenvalue weighted by Crippen LogP contribution is 2.37. The number of aromatic nitrogens is 2. The second kappa shape index (κ2) is 11.1. The molecule has 0 N–H and O–H groups in total. The monoisotopic (exact) mass is 530 g/mol. The molecule has 0 saturated heterocycles. The number of nitro groups is 1. The van der Waals surface area contributed by atoms with Crippen LogP contribution in [0.4, 0.5) is 5.69 Å². The van der Waals surface area contributed by atoms with E-state index < -0.39 is 4.92 Å². The van der Waals surface area contributed by atoms with Gasteiger partial charge in [-0.1, -0.05) is 72.8 Å². The van der Waals surface area contributed by atoms with Crippen molar-refractivity contribution in [3.8, 4) is 5.75 Å². The molecule has 1 aromatic heterocycles. The second-order valence-electron chi connectivity index (χ2n) is 9.57. The van der Waals surface area contributed by atoms with E-state index in [1.165, 1.54) is 17.0 Å². The fraction of sp³-hybridized carbons (Fsp3) is 0.276. The lowest BCUT2D eigenvalue weighted by atomic mass is 9.88. The third-order valence-corrected chi connectivity index (χ3v) is 7.06. The lowest BCUT2D eigenvalue weighted by molar-refractivity contribution is -0.385. The zero-order valence-corrected chi connectivity index (χ0v) is 21.7. The molecule has 1 aliphatic carbocycles. The summed E-state index contributed by atoms with van der Waals surface area (Å²) in [4.78, 5) is 29.6. The Kier molecular flexibility index (Phi) is 7.51. The van der Waals surface area contributed by atoms with Crippen LogP contribution in [-0.2, 0) is 6.61 Å². The molecule has 5 rings (SSSR count). The third-order valence-electron chi connectivity index (χ3n) is 6.78. The Balaban J connectivity index is 1.51. The van der Waals surface area contributed by atoms with Crippen LogP contribution in [0.3, 0.4) is 0 Å². The van der Waals surface area contributed by atoms with E-state index in [1.807, 2.05) is 43.3 Å². The van der Waals surface area contributed by atoms with E-state index in [0.717, 1.165) is 43.2 Å². The first-order valence-corrected chi connectivity index (χ1v) is 13.0. The van der Waals surface area contributed by atoms with Gasteiger partial charge in [0.05, 0.1) is 27.1 Å². The number of aryl methyl sites for hydroxylation is 1. The van der Waals surface area contributed by atoms with Crippen LogP contribution in [-0.4, -0.2) is 20.8 Å². The number of ether oxygens (including phenoxy) is 1. The summed E-state index contributed by atoms with van der Waals surface area (Å²) in [5, 5.41) is 16.9. The average Bonchev–Trinajstić information content (AvgIpc) is 2.92. The van der Waals surface area contributed by atoms with Gasteiger partial charge in [0.25, 0.3) is 5.56 Å². The highest BCUT2D eigenvalue weighted by molar-refractivity contribution is 6.32. The number of para-hydroxylation sites is 1. The first-order valence-electron chi connectivity index (χ1n) is 12.6. The zero-order valence-electron chi connectivity index (χ0n) is 21.0. The van der Waals surface area contributed by atoms with Crippen molar-refractivity contribution >= 4 is 34.4 Å². The topological polar surface area (TPSA) is 99.6 Å². The van der Waals surface area contributed by atoms with Crippen LogP contribution in [0.15, 0.2) is 70.6 Å². The van der Waals surface area contributed by atoms with Crippen molar-refractivity contribution in [2.75, 3.05) is 0 Å². The maximum absolute atomic E-state index is 13.4. The zero-order chi connectivity index (χ0) is 26.6.